The van der Waals surface area contributed by atoms with E-state index in [1.54, 1.807) is 27.4 Å². The first kappa shape index (κ1) is 19.5. The zero-order chi connectivity index (χ0) is 21.4. The van der Waals surface area contributed by atoms with Crippen LogP contribution in [0.5, 0.6) is 0 Å². The first-order valence-corrected chi connectivity index (χ1v) is 10.6. The number of anilines is 1. The summed E-state index contributed by atoms with van der Waals surface area (Å²) in [7, 11) is 0. The topological polar surface area (TPSA) is 64.2 Å². The molecule has 0 spiro atoms. The molecule has 31 heavy (non-hydrogen) atoms. The smallest absolute Gasteiger partial charge is 0.260 e. The third kappa shape index (κ3) is 3.83. The highest BCUT2D eigenvalue weighted by molar-refractivity contribution is 7.15. The number of aromatic nitrogens is 4. The van der Waals surface area contributed by atoms with E-state index >= 15 is 0 Å². The molecule has 0 unspecified atom stereocenters. The van der Waals surface area contributed by atoms with Crippen molar-refractivity contribution >= 4 is 39.6 Å². The summed E-state index contributed by atoms with van der Waals surface area (Å²) in [6.07, 6.45) is 5.01. The van der Waals surface area contributed by atoms with Crippen molar-refractivity contribution in [1.29, 1.82) is 0 Å². The third-order valence-corrected chi connectivity index (χ3v) is 5.92. The van der Waals surface area contributed by atoms with Crippen LogP contribution >= 0.6 is 22.9 Å². The zero-order valence-corrected chi connectivity index (χ0v) is 17.6. The Bertz CT molecular complexity index is 1390. The van der Waals surface area contributed by atoms with Gasteiger partial charge in [0.15, 0.2) is 4.96 Å². The van der Waals surface area contributed by atoms with Crippen LogP contribution in [0.15, 0.2) is 72.5 Å². The number of nitrogens with one attached hydrogen (secondary N) is 1. The van der Waals surface area contributed by atoms with Gasteiger partial charge >= 0.3 is 0 Å². The summed E-state index contributed by atoms with van der Waals surface area (Å²) in [6, 6.07) is 13.5. The number of benzene rings is 2. The van der Waals surface area contributed by atoms with E-state index in [4.69, 9.17) is 11.6 Å². The second-order valence-electron chi connectivity index (χ2n) is 6.84. The zero-order valence-electron chi connectivity index (χ0n) is 16.0. The fourth-order valence-electron chi connectivity index (χ4n) is 3.26. The Morgan fingerprint density at radius 3 is 2.77 bits per heavy atom. The molecular weight excluding hydrogens is 437 g/mol. The highest BCUT2D eigenvalue weighted by Gasteiger charge is 2.19. The number of hydrogen-bond donors (Lipinski definition) is 1. The van der Waals surface area contributed by atoms with E-state index in [0.29, 0.717) is 34.2 Å². The number of halogens is 2. The molecule has 9 heteroatoms. The molecule has 2 aromatic carbocycles. The van der Waals surface area contributed by atoms with E-state index in [1.165, 1.54) is 29.7 Å². The summed E-state index contributed by atoms with van der Waals surface area (Å²) >= 11 is 7.66. The van der Waals surface area contributed by atoms with Gasteiger partial charge in [-0.25, -0.2) is 9.37 Å². The number of imidazole rings is 1. The maximum atomic E-state index is 13.4. The van der Waals surface area contributed by atoms with Gasteiger partial charge in [-0.15, -0.1) is 11.3 Å². The fourth-order valence-corrected chi connectivity index (χ4v) is 4.17. The Kier molecular flexibility index (Phi) is 5.01. The summed E-state index contributed by atoms with van der Waals surface area (Å²) in [6.45, 7) is 0.454. The van der Waals surface area contributed by atoms with Crippen LogP contribution < -0.4 is 5.32 Å². The minimum Gasteiger partial charge on any atom is -0.306 e. The van der Waals surface area contributed by atoms with E-state index in [-0.39, 0.29) is 11.7 Å². The van der Waals surface area contributed by atoms with E-state index < -0.39 is 0 Å². The molecule has 3 aromatic heterocycles. The molecule has 1 amide bonds. The molecule has 0 radical (unpaired) electrons. The van der Waals surface area contributed by atoms with Crippen molar-refractivity contribution in [2.75, 3.05) is 5.32 Å². The Morgan fingerprint density at radius 1 is 1.16 bits per heavy atom. The lowest BCUT2D eigenvalue weighted by Gasteiger charge is -2.06. The number of carbonyl (C=O) groups excluding carboxylic acids is 1. The standard InChI is InChI=1S/C22H15ClFN5OS/c23-18-4-2-1-3-15(18)12-28-13-16(11-25-28)21(30)27-20-19(14-5-7-17(24)8-6-14)26-22-29(20)9-10-31-22/h1-11,13H,12H2,(H,27,30). The summed E-state index contributed by atoms with van der Waals surface area (Å²) in [4.78, 5) is 18.3. The predicted molar refractivity (Wildman–Crippen MR) is 119 cm³/mol. The average Bonchev–Trinajstić information content (AvgIpc) is 3.48. The minimum absolute atomic E-state index is 0.318. The summed E-state index contributed by atoms with van der Waals surface area (Å²) in [5, 5.41) is 9.74. The molecule has 0 fully saturated rings. The first-order valence-electron chi connectivity index (χ1n) is 9.37. The molecule has 0 aliphatic heterocycles. The minimum atomic E-state index is -0.332. The first-order chi connectivity index (χ1) is 15.1. The van der Waals surface area contributed by atoms with E-state index in [1.807, 2.05) is 35.8 Å². The van der Waals surface area contributed by atoms with Crippen LogP contribution in [0.3, 0.4) is 0 Å². The van der Waals surface area contributed by atoms with Crippen molar-refractivity contribution < 1.29 is 9.18 Å². The Hall–Kier alpha value is -3.49. The van der Waals surface area contributed by atoms with E-state index in [9.17, 15) is 9.18 Å². The lowest BCUT2D eigenvalue weighted by atomic mass is 10.1. The molecule has 1 N–H and O–H groups in total. The van der Waals surface area contributed by atoms with E-state index in [2.05, 4.69) is 15.4 Å². The van der Waals surface area contributed by atoms with Crippen molar-refractivity contribution in [2.24, 2.45) is 0 Å². The fraction of sp³-hybridized carbons (Fsp3) is 0.0455. The third-order valence-electron chi connectivity index (χ3n) is 4.80. The van der Waals surface area contributed by atoms with Crippen LogP contribution in [-0.2, 0) is 6.54 Å². The maximum Gasteiger partial charge on any atom is 0.260 e. The lowest BCUT2D eigenvalue weighted by Crippen LogP contribution is -2.13. The summed E-state index contributed by atoms with van der Waals surface area (Å²) in [5.41, 5.74) is 2.60. The van der Waals surface area contributed by atoms with Crippen LogP contribution in [-0.4, -0.2) is 25.1 Å². The van der Waals surface area contributed by atoms with Crippen molar-refractivity contribution in [3.63, 3.8) is 0 Å². The molecular formula is C22H15ClFN5OS. The van der Waals surface area contributed by atoms with Crippen molar-refractivity contribution in [3.8, 4) is 11.3 Å². The highest BCUT2D eigenvalue weighted by atomic mass is 35.5. The normalized spacial score (nSPS) is 11.2. The number of rotatable bonds is 5. The van der Waals surface area contributed by atoms with Gasteiger partial charge in [-0.1, -0.05) is 29.8 Å². The molecule has 154 valence electrons. The molecule has 0 aliphatic carbocycles. The van der Waals surface area contributed by atoms with Crippen LogP contribution in [0.2, 0.25) is 5.02 Å². The number of fused-ring (bicyclic) bond motifs is 1. The second kappa shape index (κ2) is 7.98. The van der Waals surface area contributed by atoms with Crippen molar-refractivity contribution in [3.05, 3.63) is 94.5 Å². The van der Waals surface area contributed by atoms with Gasteiger partial charge in [0.05, 0.1) is 18.3 Å². The molecule has 3 heterocycles. The van der Waals surface area contributed by atoms with Gasteiger partial charge in [0.1, 0.15) is 17.3 Å². The molecule has 0 atom stereocenters. The van der Waals surface area contributed by atoms with Crippen LogP contribution in [0.4, 0.5) is 10.2 Å². The van der Waals surface area contributed by atoms with Crippen LogP contribution in [0.1, 0.15) is 15.9 Å². The predicted octanol–water partition coefficient (Wildman–Crippen LogP) is 5.35. The molecule has 0 aliphatic rings. The van der Waals surface area contributed by atoms with Gasteiger partial charge in [-0.05, 0) is 35.9 Å². The average molecular weight is 452 g/mol. The highest BCUT2D eigenvalue weighted by Crippen LogP contribution is 2.31. The number of thiazole rings is 1. The van der Waals surface area contributed by atoms with Gasteiger partial charge in [0, 0.05) is 28.4 Å². The van der Waals surface area contributed by atoms with Gasteiger partial charge in [-0.3, -0.25) is 13.9 Å². The Balaban J connectivity index is 1.43. The van der Waals surface area contributed by atoms with Gasteiger partial charge < -0.3 is 5.32 Å². The second-order valence-corrected chi connectivity index (χ2v) is 8.12. The molecule has 6 nitrogen and oxygen atoms in total. The number of carbonyl (C=O) groups is 1. The monoisotopic (exact) mass is 451 g/mol. The maximum absolute atomic E-state index is 13.4. The van der Waals surface area contributed by atoms with Crippen LogP contribution in [0.25, 0.3) is 16.2 Å². The molecule has 0 saturated heterocycles. The molecule has 5 rings (SSSR count). The van der Waals surface area contributed by atoms with Crippen molar-refractivity contribution in [1.82, 2.24) is 19.2 Å². The summed E-state index contributed by atoms with van der Waals surface area (Å²) < 4.78 is 16.8. The summed E-state index contributed by atoms with van der Waals surface area (Å²) in [5.74, 6) is -0.130. The Morgan fingerprint density at radius 2 is 1.97 bits per heavy atom. The van der Waals surface area contributed by atoms with Crippen molar-refractivity contribution in [2.45, 2.75) is 6.54 Å². The van der Waals surface area contributed by atoms with E-state index in [0.717, 1.165) is 10.5 Å². The lowest BCUT2D eigenvalue weighted by molar-refractivity contribution is 0.102. The number of hydrogen-bond acceptors (Lipinski definition) is 4. The molecule has 0 saturated carbocycles. The SMILES string of the molecule is O=C(Nc1c(-c2ccc(F)cc2)nc2sccn12)c1cnn(Cc2ccccc2Cl)c1. The van der Waals surface area contributed by atoms with Gasteiger partial charge in [0.25, 0.3) is 5.91 Å². The number of nitrogens with zero attached hydrogens (tertiary/aromatic N) is 4. The largest absolute Gasteiger partial charge is 0.306 e. The van der Waals surface area contributed by atoms with Gasteiger partial charge in [-0.2, -0.15) is 5.10 Å². The quantitative estimate of drug-likeness (QED) is 0.391. The van der Waals surface area contributed by atoms with Gasteiger partial charge in [0.2, 0.25) is 0 Å². The molecule has 5 aromatic rings. The Labute approximate surface area is 185 Å². The molecule has 0 bridgehead atoms. The number of amides is 1. The van der Waals surface area contributed by atoms with Crippen LogP contribution in [0, 0.1) is 5.82 Å².